The van der Waals surface area contributed by atoms with Gasteiger partial charge in [0, 0.05) is 62.7 Å². The molecule has 12 nitrogen and oxygen atoms in total. The lowest BCUT2D eigenvalue weighted by atomic mass is 10.2. The summed E-state index contributed by atoms with van der Waals surface area (Å²) in [6.07, 6.45) is 7.47. The van der Waals surface area contributed by atoms with Gasteiger partial charge in [0.05, 0.1) is 24.4 Å². The third kappa shape index (κ3) is 5.06. The van der Waals surface area contributed by atoms with E-state index in [0.29, 0.717) is 23.3 Å². The van der Waals surface area contributed by atoms with Crippen molar-refractivity contribution < 1.29 is 8.42 Å². The van der Waals surface area contributed by atoms with Crippen LogP contribution in [0.2, 0.25) is 0 Å². The molecule has 0 saturated carbocycles. The molecule has 3 aromatic heterocycles. The summed E-state index contributed by atoms with van der Waals surface area (Å²) in [5.41, 5.74) is 3.11. The number of hydrogen-bond acceptors (Lipinski definition) is 10. The Hall–Kier alpha value is -3.84. The lowest BCUT2D eigenvalue weighted by molar-refractivity contribution is 0.485. The van der Waals surface area contributed by atoms with Crippen LogP contribution in [0.3, 0.4) is 0 Å². The highest BCUT2D eigenvalue weighted by molar-refractivity contribution is 7.92. The molecule has 2 N–H and O–H groups in total. The molecule has 4 aromatic rings. The van der Waals surface area contributed by atoms with Crippen molar-refractivity contribution in [2.75, 3.05) is 47.5 Å². The fraction of sp³-hybridized carbons (Fsp3) is 0.348. The molecule has 1 aliphatic rings. The molecule has 0 radical (unpaired) electrons. The van der Waals surface area contributed by atoms with E-state index < -0.39 is 10.0 Å². The first-order chi connectivity index (χ1) is 17.3. The Morgan fingerprint density at radius 2 is 1.92 bits per heavy atom. The predicted octanol–water partition coefficient (Wildman–Crippen LogP) is 1.60. The van der Waals surface area contributed by atoms with E-state index in [1.54, 1.807) is 17.1 Å². The highest BCUT2D eigenvalue weighted by atomic mass is 32.2. The zero-order valence-corrected chi connectivity index (χ0v) is 21.1. The van der Waals surface area contributed by atoms with Gasteiger partial charge in [-0.05, 0) is 31.2 Å². The fourth-order valence-electron chi connectivity index (χ4n) is 4.13. The van der Waals surface area contributed by atoms with Gasteiger partial charge in [-0.3, -0.25) is 9.29 Å². The highest BCUT2D eigenvalue weighted by Crippen LogP contribution is 2.23. The maximum absolute atomic E-state index is 12.0. The molecular formula is C23H28N10O2S. The van der Waals surface area contributed by atoms with Crippen LogP contribution in [0.5, 0.6) is 0 Å². The van der Waals surface area contributed by atoms with E-state index in [-0.39, 0.29) is 12.4 Å². The fourth-order valence-corrected chi connectivity index (χ4v) is 4.59. The molecule has 1 aliphatic heterocycles. The number of benzene rings is 1. The summed E-state index contributed by atoms with van der Waals surface area (Å²) in [5, 5.41) is 11.9. The van der Waals surface area contributed by atoms with E-state index in [1.165, 1.54) is 25.1 Å². The van der Waals surface area contributed by atoms with E-state index in [9.17, 15) is 8.42 Å². The van der Waals surface area contributed by atoms with Crippen LogP contribution in [-0.4, -0.2) is 77.1 Å². The highest BCUT2D eigenvalue weighted by Gasteiger charge is 2.20. The Balaban J connectivity index is 1.36. The maximum Gasteiger partial charge on any atom is 0.233 e. The van der Waals surface area contributed by atoms with Crippen LogP contribution in [0.1, 0.15) is 12.6 Å². The Labute approximate surface area is 209 Å². The molecule has 13 heteroatoms. The maximum atomic E-state index is 12.0. The van der Waals surface area contributed by atoms with Crippen LogP contribution in [0.4, 0.5) is 23.1 Å². The second-order valence-corrected chi connectivity index (χ2v) is 10.8. The Kier molecular flexibility index (Phi) is 6.41. The van der Waals surface area contributed by atoms with E-state index >= 15 is 0 Å². The number of piperazine rings is 1. The van der Waals surface area contributed by atoms with Crippen LogP contribution in [0, 0.1) is 0 Å². The number of sulfonamides is 1. The van der Waals surface area contributed by atoms with Gasteiger partial charge in [0.15, 0.2) is 11.5 Å². The quantitative estimate of drug-likeness (QED) is 0.379. The van der Waals surface area contributed by atoms with Gasteiger partial charge < -0.3 is 15.5 Å². The number of aromatic nitrogens is 6. The van der Waals surface area contributed by atoms with Gasteiger partial charge >= 0.3 is 0 Å². The van der Waals surface area contributed by atoms with Crippen LogP contribution >= 0.6 is 0 Å². The van der Waals surface area contributed by atoms with Gasteiger partial charge in [-0.25, -0.2) is 23.1 Å². The van der Waals surface area contributed by atoms with Crippen molar-refractivity contribution in [2.24, 2.45) is 0 Å². The number of fused-ring (bicyclic) bond motifs is 1. The lowest BCUT2D eigenvalue weighted by Gasteiger charge is -2.33. The minimum Gasteiger partial charge on any atom is -0.369 e. The largest absolute Gasteiger partial charge is 0.369 e. The average molecular weight is 509 g/mol. The Morgan fingerprint density at radius 3 is 2.67 bits per heavy atom. The first-order valence-corrected chi connectivity index (χ1v) is 13.4. The minimum atomic E-state index is -3.49. The standard InChI is InChI=1S/C23H28N10O2S/c1-16-14-32(11-10-24-16)19-6-4-18(5-7-19)29-23-27-12-17-13-28-33(21(17)30-23)15-20-22(26-9-8-25-20)31(2)36(3,34)35/h4-9,12-13,16,24H,10-11,14-15H2,1-3H3,(H,27,29,30). The molecule has 0 aliphatic carbocycles. The SMILES string of the molecule is CC1CN(c2ccc(Nc3ncc4cnn(Cc5nccnc5N(C)S(C)(=O)=O)c4n3)cc2)CCN1. The van der Waals surface area contributed by atoms with Crippen molar-refractivity contribution in [2.45, 2.75) is 19.5 Å². The molecule has 0 spiro atoms. The Bertz CT molecular complexity index is 1470. The van der Waals surface area contributed by atoms with Crippen molar-refractivity contribution >= 4 is 44.2 Å². The minimum absolute atomic E-state index is 0.195. The van der Waals surface area contributed by atoms with Crippen LogP contribution in [0.25, 0.3) is 11.0 Å². The van der Waals surface area contributed by atoms with Gasteiger partial charge in [-0.2, -0.15) is 10.1 Å². The molecule has 4 heterocycles. The monoisotopic (exact) mass is 508 g/mol. The molecule has 0 bridgehead atoms. The topological polar surface area (TPSA) is 134 Å². The van der Waals surface area contributed by atoms with Gasteiger partial charge in [-0.15, -0.1) is 0 Å². The smallest absolute Gasteiger partial charge is 0.233 e. The lowest BCUT2D eigenvalue weighted by Crippen LogP contribution is -2.49. The molecule has 1 atom stereocenters. The molecule has 1 fully saturated rings. The molecule has 1 aromatic carbocycles. The molecule has 1 unspecified atom stereocenters. The molecule has 36 heavy (non-hydrogen) atoms. The average Bonchev–Trinajstić information content (AvgIpc) is 3.26. The van der Waals surface area contributed by atoms with Crippen LogP contribution in [0.15, 0.2) is 49.1 Å². The number of nitrogens with one attached hydrogen (secondary N) is 2. The van der Waals surface area contributed by atoms with Crippen molar-refractivity contribution in [3.63, 3.8) is 0 Å². The molecule has 5 rings (SSSR count). The summed E-state index contributed by atoms with van der Waals surface area (Å²) in [4.78, 5) is 20.0. The third-order valence-electron chi connectivity index (χ3n) is 6.08. The van der Waals surface area contributed by atoms with E-state index in [4.69, 9.17) is 0 Å². The summed E-state index contributed by atoms with van der Waals surface area (Å²) >= 11 is 0. The van der Waals surface area contributed by atoms with Crippen molar-refractivity contribution in [3.05, 3.63) is 54.7 Å². The predicted molar refractivity (Wildman–Crippen MR) is 139 cm³/mol. The van der Waals surface area contributed by atoms with Gasteiger partial charge in [0.25, 0.3) is 0 Å². The number of nitrogens with zero attached hydrogens (tertiary/aromatic N) is 8. The third-order valence-corrected chi connectivity index (χ3v) is 7.25. The second kappa shape index (κ2) is 9.66. The van der Waals surface area contributed by atoms with E-state index in [1.807, 2.05) is 12.1 Å². The second-order valence-electron chi connectivity index (χ2n) is 8.80. The molecule has 188 valence electrons. The van der Waals surface area contributed by atoms with Crippen molar-refractivity contribution in [3.8, 4) is 0 Å². The van der Waals surface area contributed by atoms with Crippen molar-refractivity contribution in [1.29, 1.82) is 0 Å². The van der Waals surface area contributed by atoms with E-state index in [2.05, 4.69) is 59.6 Å². The molecular weight excluding hydrogens is 480 g/mol. The molecule has 0 amide bonds. The zero-order valence-electron chi connectivity index (χ0n) is 20.3. The zero-order chi connectivity index (χ0) is 25.3. The first kappa shape index (κ1) is 23.9. The normalized spacial score (nSPS) is 16.3. The summed E-state index contributed by atoms with van der Waals surface area (Å²) in [5.74, 6) is 0.676. The summed E-state index contributed by atoms with van der Waals surface area (Å²) in [6, 6.07) is 8.68. The van der Waals surface area contributed by atoms with E-state index in [0.717, 1.165) is 41.3 Å². The van der Waals surface area contributed by atoms with Crippen LogP contribution in [-0.2, 0) is 16.6 Å². The van der Waals surface area contributed by atoms with Gasteiger partial charge in [-0.1, -0.05) is 0 Å². The summed E-state index contributed by atoms with van der Waals surface area (Å²) in [7, 11) is -2.05. The van der Waals surface area contributed by atoms with Crippen molar-refractivity contribution in [1.82, 2.24) is 35.0 Å². The number of rotatable bonds is 7. The number of anilines is 4. The Morgan fingerprint density at radius 1 is 1.14 bits per heavy atom. The molecule has 1 saturated heterocycles. The van der Waals surface area contributed by atoms with Gasteiger partial charge in [0.2, 0.25) is 16.0 Å². The number of hydrogen-bond donors (Lipinski definition) is 2. The first-order valence-electron chi connectivity index (χ1n) is 11.6. The van der Waals surface area contributed by atoms with Crippen LogP contribution < -0.4 is 19.8 Å². The summed E-state index contributed by atoms with van der Waals surface area (Å²) in [6.45, 7) is 5.32. The van der Waals surface area contributed by atoms with Gasteiger partial charge in [0.1, 0.15) is 5.69 Å². The summed E-state index contributed by atoms with van der Waals surface area (Å²) < 4.78 is 26.8.